The number of ether oxygens (including phenoxy) is 2. The van der Waals surface area contributed by atoms with Gasteiger partial charge in [-0.3, -0.25) is 0 Å². The maximum Gasteiger partial charge on any atom is 0.573 e. The summed E-state index contributed by atoms with van der Waals surface area (Å²) in [5.41, 5.74) is 4.99. The van der Waals surface area contributed by atoms with Crippen molar-refractivity contribution in [2.45, 2.75) is 45.1 Å². The van der Waals surface area contributed by atoms with Crippen LogP contribution in [-0.2, 0) is 6.54 Å². The van der Waals surface area contributed by atoms with Gasteiger partial charge >= 0.3 is 12.4 Å². The Morgan fingerprint density at radius 1 is 1.05 bits per heavy atom. The predicted molar refractivity (Wildman–Crippen MR) is 164 cm³/mol. The lowest BCUT2D eigenvalue weighted by atomic mass is 10.00. The summed E-state index contributed by atoms with van der Waals surface area (Å²) in [5.74, 6) is 1.15. The molecular formula is C31H31F3N6O3S. The van der Waals surface area contributed by atoms with E-state index in [-0.39, 0.29) is 23.2 Å². The van der Waals surface area contributed by atoms with E-state index in [4.69, 9.17) is 4.74 Å². The molecule has 1 atom stereocenters. The highest BCUT2D eigenvalue weighted by molar-refractivity contribution is 8.03. The lowest BCUT2D eigenvalue weighted by Gasteiger charge is -2.31. The van der Waals surface area contributed by atoms with Gasteiger partial charge in [-0.25, -0.2) is 14.5 Å². The summed E-state index contributed by atoms with van der Waals surface area (Å²) in [7, 11) is 1.64. The molecule has 1 unspecified atom stereocenters. The van der Waals surface area contributed by atoms with Gasteiger partial charge in [0.25, 0.3) is 0 Å². The fraction of sp³-hybridized carbons (Fsp3) is 0.258. The summed E-state index contributed by atoms with van der Waals surface area (Å²) in [5, 5.41) is 12.4. The lowest BCUT2D eigenvalue weighted by molar-refractivity contribution is -0.274. The maximum atomic E-state index is 12.9. The first-order valence-electron chi connectivity index (χ1n) is 13.7. The molecule has 1 aromatic heterocycles. The molecule has 1 aliphatic rings. The van der Waals surface area contributed by atoms with Crippen molar-refractivity contribution in [2.24, 2.45) is 0 Å². The van der Waals surface area contributed by atoms with Crippen LogP contribution in [0.2, 0.25) is 0 Å². The molecule has 3 aromatic carbocycles. The quantitative estimate of drug-likeness (QED) is 0.204. The third-order valence-electron chi connectivity index (χ3n) is 6.85. The second kappa shape index (κ2) is 12.9. The first-order valence-corrected chi connectivity index (χ1v) is 14.7. The van der Waals surface area contributed by atoms with Crippen LogP contribution in [0.15, 0.2) is 84.2 Å². The average molecular weight is 625 g/mol. The molecule has 0 aliphatic carbocycles. The first kappa shape index (κ1) is 30.8. The molecule has 2 N–H and O–H groups in total. The highest BCUT2D eigenvalue weighted by Crippen LogP contribution is 2.40. The Hall–Kier alpha value is -4.65. The van der Waals surface area contributed by atoms with Crippen molar-refractivity contribution in [3.8, 4) is 28.6 Å². The zero-order valence-corrected chi connectivity index (χ0v) is 25.2. The Morgan fingerprint density at radius 3 is 2.41 bits per heavy atom. The number of hydrogen-bond donors (Lipinski definition) is 2. The van der Waals surface area contributed by atoms with Crippen molar-refractivity contribution in [1.29, 1.82) is 0 Å². The summed E-state index contributed by atoms with van der Waals surface area (Å²) in [6.07, 6.45) is -3.28. The number of urea groups is 1. The molecule has 0 saturated heterocycles. The number of carbonyl (C=O) groups is 1. The highest BCUT2D eigenvalue weighted by Gasteiger charge is 2.31. The standard InChI is InChI=1S/C31H31F3N6O3S/c1-19(2)26-14-13-25(42-4)15-27(26)40-20(3)17-44-30(40)37-29(41)35-16-21-5-7-22(8-6-21)28-36-18-39(38-28)23-9-11-24(12-10-23)43-31(32,33)34/h5-15,17-19,30H,16H2,1-4H3,(H2,35,37,41). The van der Waals surface area contributed by atoms with Crippen LogP contribution in [0, 0.1) is 0 Å². The average Bonchev–Trinajstić information content (AvgIpc) is 3.62. The number of nitrogens with one attached hydrogen (secondary N) is 2. The first-order chi connectivity index (χ1) is 21.0. The van der Waals surface area contributed by atoms with Gasteiger partial charge in [0.05, 0.1) is 18.5 Å². The van der Waals surface area contributed by atoms with E-state index in [9.17, 15) is 18.0 Å². The van der Waals surface area contributed by atoms with E-state index in [0.29, 0.717) is 18.1 Å². The van der Waals surface area contributed by atoms with Gasteiger partial charge in [-0.15, -0.1) is 18.3 Å². The minimum Gasteiger partial charge on any atom is -0.497 e. The summed E-state index contributed by atoms with van der Waals surface area (Å²) in [6.45, 7) is 6.59. The van der Waals surface area contributed by atoms with Crippen LogP contribution < -0.4 is 25.0 Å². The number of benzene rings is 3. The molecule has 0 radical (unpaired) electrons. The van der Waals surface area contributed by atoms with Crippen molar-refractivity contribution in [2.75, 3.05) is 12.0 Å². The van der Waals surface area contributed by atoms with Gasteiger partial charge in [0.15, 0.2) is 11.3 Å². The van der Waals surface area contributed by atoms with Gasteiger partial charge in [-0.2, -0.15) is 0 Å². The van der Waals surface area contributed by atoms with Gasteiger partial charge in [0, 0.05) is 23.9 Å². The second-order valence-electron chi connectivity index (χ2n) is 10.3. The number of methoxy groups -OCH3 is 1. The summed E-state index contributed by atoms with van der Waals surface area (Å²) in [4.78, 5) is 19.3. The van der Waals surface area contributed by atoms with E-state index in [2.05, 4.69) is 50.3 Å². The van der Waals surface area contributed by atoms with Gasteiger partial charge in [0.2, 0.25) is 0 Å². The van der Waals surface area contributed by atoms with Crippen LogP contribution in [0.4, 0.5) is 23.7 Å². The predicted octanol–water partition coefficient (Wildman–Crippen LogP) is 7.16. The van der Waals surface area contributed by atoms with Crippen molar-refractivity contribution < 1.29 is 27.4 Å². The summed E-state index contributed by atoms with van der Waals surface area (Å²) >= 11 is 1.52. The molecule has 0 bridgehead atoms. The zero-order valence-electron chi connectivity index (χ0n) is 24.4. The van der Waals surface area contributed by atoms with Gasteiger partial charge < -0.3 is 25.0 Å². The monoisotopic (exact) mass is 624 g/mol. The minimum atomic E-state index is -4.75. The number of halogens is 3. The number of aromatic nitrogens is 3. The van der Waals surface area contributed by atoms with E-state index < -0.39 is 6.36 Å². The Balaban J connectivity index is 1.18. The molecule has 2 amide bonds. The number of rotatable bonds is 9. The number of alkyl halides is 3. The number of hydrogen-bond acceptors (Lipinski definition) is 7. The van der Waals surface area contributed by atoms with Crippen LogP contribution in [-0.4, -0.2) is 39.8 Å². The molecule has 1 aliphatic heterocycles. The minimum absolute atomic E-state index is 0.281. The fourth-order valence-electron chi connectivity index (χ4n) is 4.67. The van der Waals surface area contributed by atoms with Crippen LogP contribution in [0.5, 0.6) is 11.5 Å². The third kappa shape index (κ3) is 7.28. The molecule has 0 fully saturated rings. The van der Waals surface area contributed by atoms with E-state index >= 15 is 0 Å². The molecule has 0 saturated carbocycles. The van der Waals surface area contributed by atoms with Crippen LogP contribution in [0.25, 0.3) is 17.1 Å². The van der Waals surface area contributed by atoms with E-state index in [1.54, 1.807) is 7.11 Å². The smallest absolute Gasteiger partial charge is 0.497 e. The van der Waals surface area contributed by atoms with E-state index in [1.807, 2.05) is 48.7 Å². The number of allylic oxidation sites excluding steroid dienone is 1. The Labute approximate surface area is 257 Å². The Kier molecular flexibility index (Phi) is 9.04. The third-order valence-corrected chi connectivity index (χ3v) is 7.91. The molecular weight excluding hydrogens is 593 g/mol. The normalized spacial score (nSPS) is 14.9. The molecule has 4 aromatic rings. The fourth-order valence-corrected chi connectivity index (χ4v) is 5.68. The van der Waals surface area contributed by atoms with Crippen molar-refractivity contribution >= 4 is 23.5 Å². The van der Waals surface area contributed by atoms with Crippen LogP contribution >= 0.6 is 11.8 Å². The van der Waals surface area contributed by atoms with Gasteiger partial charge in [0.1, 0.15) is 17.8 Å². The van der Waals surface area contributed by atoms with Crippen molar-refractivity contribution in [1.82, 2.24) is 25.4 Å². The van der Waals surface area contributed by atoms with Gasteiger partial charge in [-0.1, -0.05) is 55.9 Å². The Morgan fingerprint density at radius 2 is 1.75 bits per heavy atom. The number of nitrogens with zero attached hydrogens (tertiary/aromatic N) is 4. The largest absolute Gasteiger partial charge is 0.573 e. The van der Waals surface area contributed by atoms with Crippen molar-refractivity contribution in [3.05, 3.63) is 95.3 Å². The van der Waals surface area contributed by atoms with E-state index in [0.717, 1.165) is 33.8 Å². The number of anilines is 1. The number of thioether (sulfide) groups is 1. The molecule has 9 nitrogen and oxygen atoms in total. The van der Waals surface area contributed by atoms with Gasteiger partial charge in [-0.05, 0) is 59.7 Å². The zero-order chi connectivity index (χ0) is 31.4. The SMILES string of the molecule is COc1ccc(C(C)C)c(N2C(C)=CSC2NC(=O)NCc2ccc(-c3ncn(-c4ccc(OC(F)(F)F)cc4)n3)cc2)c1. The molecule has 230 valence electrons. The lowest BCUT2D eigenvalue weighted by Crippen LogP contribution is -2.47. The van der Waals surface area contributed by atoms with E-state index in [1.165, 1.54) is 47.0 Å². The molecule has 0 spiro atoms. The molecule has 2 heterocycles. The topological polar surface area (TPSA) is 93.5 Å². The highest BCUT2D eigenvalue weighted by atomic mass is 32.2. The molecule has 5 rings (SSSR count). The molecule has 44 heavy (non-hydrogen) atoms. The summed E-state index contributed by atoms with van der Waals surface area (Å²) < 4.78 is 48.1. The summed E-state index contributed by atoms with van der Waals surface area (Å²) in [6, 6.07) is 18.5. The number of amides is 2. The van der Waals surface area contributed by atoms with Crippen LogP contribution in [0.1, 0.15) is 37.8 Å². The van der Waals surface area contributed by atoms with Crippen LogP contribution in [0.3, 0.4) is 0 Å². The number of carbonyl (C=O) groups excluding carboxylic acids is 1. The second-order valence-corrected chi connectivity index (χ2v) is 11.2. The Bertz CT molecular complexity index is 1640. The van der Waals surface area contributed by atoms with Crippen molar-refractivity contribution in [3.63, 3.8) is 0 Å². The molecule has 13 heteroatoms. The maximum absolute atomic E-state index is 12.9.